The normalized spacial score (nSPS) is 24.0. The maximum absolute atomic E-state index is 11.7. The molecule has 1 atom stereocenters. The largest absolute Gasteiger partial charge is 0.347 e. The first kappa shape index (κ1) is 13.3. The van der Waals surface area contributed by atoms with Gasteiger partial charge in [0.15, 0.2) is 0 Å². The van der Waals surface area contributed by atoms with Crippen molar-refractivity contribution in [3.05, 3.63) is 0 Å². The third kappa shape index (κ3) is 3.98. The lowest BCUT2D eigenvalue weighted by Gasteiger charge is -2.23. The van der Waals surface area contributed by atoms with Gasteiger partial charge in [-0.1, -0.05) is 6.42 Å². The molecular weight excluding hydrogens is 230 g/mol. The molecule has 102 valence electrons. The number of amides is 2. The molecule has 2 rings (SSSR count). The summed E-state index contributed by atoms with van der Waals surface area (Å²) in [6.45, 7) is 2.86. The highest BCUT2D eigenvalue weighted by molar-refractivity contribution is 5.85. The Morgan fingerprint density at radius 2 is 1.94 bits per heavy atom. The first-order chi connectivity index (χ1) is 8.75. The maximum Gasteiger partial charge on any atom is 0.241 e. The Labute approximate surface area is 108 Å². The maximum atomic E-state index is 11.7. The second-order valence-electron chi connectivity index (χ2n) is 5.22. The summed E-state index contributed by atoms with van der Waals surface area (Å²) in [5, 5.41) is 6.07. The standard InChI is InChI=1S/C13H23N3O2/c17-12(9-11-5-1-2-6-14-11)15-10-13(18)16-7-3-4-8-16/h11,14H,1-10H2,(H,15,17). The van der Waals surface area contributed by atoms with Crippen molar-refractivity contribution in [3.8, 4) is 0 Å². The zero-order valence-electron chi connectivity index (χ0n) is 10.9. The molecule has 2 amide bonds. The second kappa shape index (κ2) is 6.73. The Hall–Kier alpha value is -1.10. The Kier molecular flexibility index (Phi) is 4.99. The average Bonchev–Trinajstić information content (AvgIpc) is 2.91. The number of likely N-dealkylation sites (tertiary alicyclic amines) is 1. The molecule has 0 bridgehead atoms. The number of rotatable bonds is 4. The molecule has 0 spiro atoms. The fourth-order valence-electron chi connectivity index (χ4n) is 2.65. The SMILES string of the molecule is O=C(CC1CCCCN1)NCC(=O)N1CCCC1. The topological polar surface area (TPSA) is 61.4 Å². The molecule has 1 unspecified atom stereocenters. The number of nitrogens with one attached hydrogen (secondary N) is 2. The number of hydrogen-bond donors (Lipinski definition) is 2. The summed E-state index contributed by atoms with van der Waals surface area (Å²) >= 11 is 0. The summed E-state index contributed by atoms with van der Waals surface area (Å²) in [6, 6.07) is 0.292. The van der Waals surface area contributed by atoms with Crippen LogP contribution in [0.4, 0.5) is 0 Å². The fraction of sp³-hybridized carbons (Fsp3) is 0.846. The van der Waals surface area contributed by atoms with Crippen molar-refractivity contribution in [2.24, 2.45) is 0 Å². The molecule has 5 heteroatoms. The van der Waals surface area contributed by atoms with Crippen molar-refractivity contribution < 1.29 is 9.59 Å². The van der Waals surface area contributed by atoms with Crippen LogP contribution >= 0.6 is 0 Å². The summed E-state index contributed by atoms with van der Waals surface area (Å²) in [6.07, 6.45) is 6.13. The van der Waals surface area contributed by atoms with Crippen LogP contribution in [0.15, 0.2) is 0 Å². The van der Waals surface area contributed by atoms with Gasteiger partial charge < -0.3 is 15.5 Å². The first-order valence-electron chi connectivity index (χ1n) is 7.03. The molecule has 0 aliphatic carbocycles. The molecule has 0 radical (unpaired) electrons. The minimum absolute atomic E-state index is 0.0121. The smallest absolute Gasteiger partial charge is 0.241 e. The van der Waals surface area contributed by atoms with Crippen LogP contribution in [0, 0.1) is 0 Å². The number of carbonyl (C=O) groups excluding carboxylic acids is 2. The van der Waals surface area contributed by atoms with E-state index < -0.39 is 0 Å². The van der Waals surface area contributed by atoms with Crippen molar-refractivity contribution >= 4 is 11.8 Å². The van der Waals surface area contributed by atoms with E-state index in [2.05, 4.69) is 10.6 Å². The molecule has 2 fully saturated rings. The van der Waals surface area contributed by atoms with Crippen LogP contribution in [0.1, 0.15) is 38.5 Å². The van der Waals surface area contributed by atoms with Gasteiger partial charge in [0.2, 0.25) is 11.8 Å². The van der Waals surface area contributed by atoms with Gasteiger partial charge in [-0.2, -0.15) is 0 Å². The van der Waals surface area contributed by atoms with E-state index in [-0.39, 0.29) is 18.4 Å². The van der Waals surface area contributed by atoms with Gasteiger partial charge in [0.05, 0.1) is 6.54 Å². The highest BCUT2D eigenvalue weighted by Crippen LogP contribution is 2.10. The Morgan fingerprint density at radius 1 is 1.17 bits per heavy atom. The van der Waals surface area contributed by atoms with Crippen molar-refractivity contribution in [1.29, 1.82) is 0 Å². The summed E-state index contributed by atoms with van der Waals surface area (Å²) < 4.78 is 0. The van der Waals surface area contributed by atoms with Crippen LogP contribution in [-0.2, 0) is 9.59 Å². The molecule has 0 aromatic heterocycles. The summed E-state index contributed by atoms with van der Waals surface area (Å²) in [4.78, 5) is 25.3. The third-order valence-corrected chi connectivity index (χ3v) is 3.74. The number of nitrogens with zero attached hydrogens (tertiary/aromatic N) is 1. The highest BCUT2D eigenvalue weighted by atomic mass is 16.2. The van der Waals surface area contributed by atoms with E-state index in [0.29, 0.717) is 12.5 Å². The zero-order valence-corrected chi connectivity index (χ0v) is 10.9. The van der Waals surface area contributed by atoms with Crippen LogP contribution in [0.2, 0.25) is 0 Å². The van der Waals surface area contributed by atoms with Gasteiger partial charge in [-0.3, -0.25) is 9.59 Å². The molecule has 5 nitrogen and oxygen atoms in total. The predicted molar refractivity (Wildman–Crippen MR) is 69.1 cm³/mol. The lowest BCUT2D eigenvalue weighted by atomic mass is 10.0. The van der Waals surface area contributed by atoms with Crippen LogP contribution in [0.3, 0.4) is 0 Å². The van der Waals surface area contributed by atoms with Crippen molar-refractivity contribution in [2.75, 3.05) is 26.2 Å². The van der Waals surface area contributed by atoms with Gasteiger partial charge in [0.1, 0.15) is 0 Å². The van der Waals surface area contributed by atoms with E-state index in [1.165, 1.54) is 12.8 Å². The fourth-order valence-corrected chi connectivity index (χ4v) is 2.65. The lowest BCUT2D eigenvalue weighted by molar-refractivity contribution is -0.132. The van der Waals surface area contributed by atoms with Gasteiger partial charge in [0.25, 0.3) is 0 Å². The van der Waals surface area contributed by atoms with Gasteiger partial charge >= 0.3 is 0 Å². The number of carbonyl (C=O) groups is 2. The van der Waals surface area contributed by atoms with Gasteiger partial charge in [-0.25, -0.2) is 0 Å². The van der Waals surface area contributed by atoms with Gasteiger partial charge in [-0.05, 0) is 32.2 Å². The van der Waals surface area contributed by atoms with E-state index in [1.807, 2.05) is 4.90 Å². The Morgan fingerprint density at radius 3 is 2.61 bits per heavy atom. The predicted octanol–water partition coefficient (Wildman–Crippen LogP) is 0.257. The molecule has 2 saturated heterocycles. The van der Waals surface area contributed by atoms with E-state index in [0.717, 1.165) is 38.9 Å². The Balaban J connectivity index is 1.63. The zero-order chi connectivity index (χ0) is 12.8. The van der Waals surface area contributed by atoms with E-state index >= 15 is 0 Å². The number of piperidine rings is 1. The van der Waals surface area contributed by atoms with Gasteiger partial charge in [0, 0.05) is 25.6 Å². The Bertz CT molecular complexity index is 295. The van der Waals surface area contributed by atoms with Crippen LogP contribution in [0.5, 0.6) is 0 Å². The van der Waals surface area contributed by atoms with E-state index in [4.69, 9.17) is 0 Å². The third-order valence-electron chi connectivity index (χ3n) is 3.74. The number of hydrogen-bond acceptors (Lipinski definition) is 3. The van der Waals surface area contributed by atoms with Gasteiger partial charge in [-0.15, -0.1) is 0 Å². The molecule has 18 heavy (non-hydrogen) atoms. The van der Waals surface area contributed by atoms with E-state index in [9.17, 15) is 9.59 Å². The summed E-state index contributed by atoms with van der Waals surface area (Å²) in [5.41, 5.74) is 0. The second-order valence-corrected chi connectivity index (χ2v) is 5.22. The quantitative estimate of drug-likeness (QED) is 0.755. The van der Waals surface area contributed by atoms with Crippen molar-refractivity contribution in [3.63, 3.8) is 0 Å². The molecule has 2 heterocycles. The first-order valence-corrected chi connectivity index (χ1v) is 7.03. The van der Waals surface area contributed by atoms with Crippen LogP contribution < -0.4 is 10.6 Å². The lowest BCUT2D eigenvalue weighted by Crippen LogP contribution is -2.42. The minimum atomic E-state index is -0.0121. The van der Waals surface area contributed by atoms with Crippen molar-refractivity contribution in [1.82, 2.24) is 15.5 Å². The molecule has 0 aromatic rings. The molecule has 2 N–H and O–H groups in total. The average molecular weight is 253 g/mol. The van der Waals surface area contributed by atoms with Crippen molar-refractivity contribution in [2.45, 2.75) is 44.6 Å². The molecule has 0 aromatic carbocycles. The summed E-state index contributed by atoms with van der Waals surface area (Å²) in [5.74, 6) is 0.0411. The monoisotopic (exact) mass is 253 g/mol. The summed E-state index contributed by atoms with van der Waals surface area (Å²) in [7, 11) is 0. The van der Waals surface area contributed by atoms with Crippen LogP contribution in [0.25, 0.3) is 0 Å². The molecule has 2 aliphatic heterocycles. The minimum Gasteiger partial charge on any atom is -0.347 e. The molecule has 0 saturated carbocycles. The van der Waals surface area contributed by atoms with Crippen LogP contribution in [-0.4, -0.2) is 48.9 Å². The van der Waals surface area contributed by atoms with E-state index in [1.54, 1.807) is 0 Å². The highest BCUT2D eigenvalue weighted by Gasteiger charge is 2.20. The molecular formula is C13H23N3O2. The molecule has 2 aliphatic rings.